The van der Waals surface area contributed by atoms with Crippen LogP contribution in [0.5, 0.6) is 0 Å². The summed E-state index contributed by atoms with van der Waals surface area (Å²) in [4.78, 5) is 14.2. The van der Waals surface area contributed by atoms with Crippen molar-refractivity contribution in [3.63, 3.8) is 0 Å². The van der Waals surface area contributed by atoms with Crippen LogP contribution in [0, 0.1) is 6.92 Å². The van der Waals surface area contributed by atoms with Gasteiger partial charge in [0.15, 0.2) is 0 Å². The SMILES string of the molecule is Cc1cnc(NC(C)C(C)N2CCOCC2)nc1NC(C)C(C)N1CCOCC1. The first-order valence-corrected chi connectivity index (χ1v) is 11.0. The van der Waals surface area contributed by atoms with Gasteiger partial charge in [0.25, 0.3) is 0 Å². The lowest BCUT2D eigenvalue weighted by Crippen LogP contribution is -2.49. The summed E-state index contributed by atoms with van der Waals surface area (Å²) >= 11 is 0. The Morgan fingerprint density at radius 3 is 1.83 bits per heavy atom. The highest BCUT2D eigenvalue weighted by atomic mass is 16.5. The second kappa shape index (κ2) is 10.5. The number of morpholine rings is 2. The maximum absolute atomic E-state index is 5.48. The fourth-order valence-electron chi connectivity index (χ4n) is 3.92. The smallest absolute Gasteiger partial charge is 0.224 e. The van der Waals surface area contributed by atoms with Crippen LogP contribution in [-0.2, 0) is 9.47 Å². The minimum Gasteiger partial charge on any atom is -0.379 e. The van der Waals surface area contributed by atoms with Gasteiger partial charge in [-0.2, -0.15) is 4.98 Å². The topological polar surface area (TPSA) is 74.8 Å². The Morgan fingerprint density at radius 1 is 0.828 bits per heavy atom. The second-order valence-corrected chi connectivity index (χ2v) is 8.37. The molecule has 0 saturated carbocycles. The molecular weight excluding hydrogens is 368 g/mol. The van der Waals surface area contributed by atoms with E-state index in [9.17, 15) is 0 Å². The van der Waals surface area contributed by atoms with Crippen LogP contribution >= 0.6 is 0 Å². The summed E-state index contributed by atoms with van der Waals surface area (Å²) in [6.45, 7) is 18.2. The van der Waals surface area contributed by atoms with Gasteiger partial charge < -0.3 is 20.1 Å². The first-order chi connectivity index (χ1) is 14.0. The molecule has 2 saturated heterocycles. The van der Waals surface area contributed by atoms with Crippen LogP contribution in [0.15, 0.2) is 6.20 Å². The van der Waals surface area contributed by atoms with Crippen molar-refractivity contribution in [2.75, 3.05) is 63.2 Å². The van der Waals surface area contributed by atoms with E-state index in [0.717, 1.165) is 64.0 Å². The molecule has 1 aromatic rings. The van der Waals surface area contributed by atoms with Crippen molar-refractivity contribution in [1.29, 1.82) is 0 Å². The van der Waals surface area contributed by atoms with E-state index < -0.39 is 0 Å². The molecule has 0 aliphatic carbocycles. The van der Waals surface area contributed by atoms with Crippen LogP contribution < -0.4 is 10.6 Å². The molecule has 2 fully saturated rings. The van der Waals surface area contributed by atoms with E-state index in [1.54, 1.807) is 0 Å². The number of rotatable bonds is 8. The molecule has 2 aliphatic rings. The highest BCUT2D eigenvalue weighted by Gasteiger charge is 2.24. The normalized spacial score (nSPS) is 23.2. The van der Waals surface area contributed by atoms with Gasteiger partial charge in [0.05, 0.1) is 26.4 Å². The lowest BCUT2D eigenvalue weighted by atomic mass is 10.1. The second-order valence-electron chi connectivity index (χ2n) is 8.37. The zero-order valence-corrected chi connectivity index (χ0v) is 18.6. The number of aryl methyl sites for hydroxylation is 1. The van der Waals surface area contributed by atoms with Crippen molar-refractivity contribution in [3.05, 3.63) is 11.8 Å². The molecule has 3 rings (SSSR count). The summed E-state index contributed by atoms with van der Waals surface area (Å²) in [6, 6.07) is 1.32. The number of ether oxygens (including phenoxy) is 2. The fraction of sp³-hybridized carbons (Fsp3) is 0.810. The van der Waals surface area contributed by atoms with Crippen LogP contribution in [0.2, 0.25) is 0 Å². The molecule has 0 aromatic carbocycles. The number of anilines is 2. The van der Waals surface area contributed by atoms with Gasteiger partial charge in [0.2, 0.25) is 5.95 Å². The van der Waals surface area contributed by atoms with Gasteiger partial charge in [-0.3, -0.25) is 9.80 Å². The number of nitrogens with zero attached hydrogens (tertiary/aromatic N) is 4. The number of hydrogen-bond acceptors (Lipinski definition) is 8. The summed E-state index contributed by atoms with van der Waals surface area (Å²) in [7, 11) is 0. The standard InChI is InChI=1S/C21H38N6O2/c1-15-14-22-21(24-17(3)19(5)27-8-12-29-13-9-27)25-20(15)23-16(2)18(4)26-6-10-28-11-7-26/h14,16-19H,6-13H2,1-5H3,(H2,22,23,24,25). The number of hydrogen-bond donors (Lipinski definition) is 2. The third-order valence-electron chi connectivity index (χ3n) is 6.38. The van der Waals surface area contributed by atoms with Crippen LogP contribution in [-0.4, -0.2) is 96.5 Å². The Labute approximate surface area is 175 Å². The summed E-state index contributed by atoms with van der Waals surface area (Å²) in [5.74, 6) is 1.58. The molecule has 0 amide bonds. The van der Waals surface area contributed by atoms with E-state index in [0.29, 0.717) is 18.0 Å². The fourth-order valence-corrected chi connectivity index (χ4v) is 3.92. The van der Waals surface area contributed by atoms with Crippen molar-refractivity contribution >= 4 is 11.8 Å². The molecule has 8 heteroatoms. The molecule has 0 bridgehead atoms. The highest BCUT2D eigenvalue weighted by Crippen LogP contribution is 2.18. The van der Waals surface area contributed by atoms with Crippen molar-refractivity contribution in [3.8, 4) is 0 Å². The summed E-state index contributed by atoms with van der Waals surface area (Å²) < 4.78 is 11.0. The van der Waals surface area contributed by atoms with Gasteiger partial charge in [-0.05, 0) is 34.6 Å². The Morgan fingerprint density at radius 2 is 1.31 bits per heavy atom. The Bertz CT molecular complexity index is 634. The zero-order valence-electron chi connectivity index (χ0n) is 18.6. The number of nitrogens with one attached hydrogen (secondary N) is 2. The van der Waals surface area contributed by atoms with Gasteiger partial charge in [-0.1, -0.05) is 0 Å². The van der Waals surface area contributed by atoms with E-state index in [-0.39, 0.29) is 12.1 Å². The molecule has 8 nitrogen and oxygen atoms in total. The number of aromatic nitrogens is 2. The van der Waals surface area contributed by atoms with Gasteiger partial charge in [-0.25, -0.2) is 4.98 Å². The lowest BCUT2D eigenvalue weighted by molar-refractivity contribution is 0.0175. The Kier molecular flexibility index (Phi) is 8.06. The molecule has 164 valence electrons. The minimum atomic E-state index is 0.244. The summed E-state index contributed by atoms with van der Waals surface area (Å²) in [5, 5.41) is 7.11. The van der Waals surface area contributed by atoms with Crippen molar-refractivity contribution in [2.24, 2.45) is 0 Å². The molecule has 0 radical (unpaired) electrons. The average molecular weight is 407 g/mol. The first kappa shape index (κ1) is 22.2. The minimum absolute atomic E-state index is 0.244. The van der Waals surface area contributed by atoms with E-state index in [2.05, 4.69) is 60.0 Å². The predicted octanol–water partition coefficient (Wildman–Crippen LogP) is 1.83. The average Bonchev–Trinajstić information content (AvgIpc) is 2.76. The van der Waals surface area contributed by atoms with E-state index in [1.807, 2.05) is 6.20 Å². The van der Waals surface area contributed by atoms with E-state index >= 15 is 0 Å². The Hall–Kier alpha value is -1.48. The molecule has 3 heterocycles. The largest absolute Gasteiger partial charge is 0.379 e. The molecule has 29 heavy (non-hydrogen) atoms. The van der Waals surface area contributed by atoms with E-state index in [4.69, 9.17) is 14.5 Å². The highest BCUT2D eigenvalue weighted by molar-refractivity contribution is 5.47. The predicted molar refractivity (Wildman–Crippen MR) is 117 cm³/mol. The lowest BCUT2D eigenvalue weighted by Gasteiger charge is -2.36. The van der Waals surface area contributed by atoms with Gasteiger partial charge in [0, 0.05) is 62.1 Å². The zero-order chi connectivity index (χ0) is 20.8. The molecule has 2 aliphatic heterocycles. The summed E-state index contributed by atoms with van der Waals surface area (Å²) in [5.41, 5.74) is 1.06. The third-order valence-corrected chi connectivity index (χ3v) is 6.38. The maximum atomic E-state index is 5.48. The molecule has 4 unspecified atom stereocenters. The molecule has 4 atom stereocenters. The van der Waals surface area contributed by atoms with Crippen molar-refractivity contribution < 1.29 is 9.47 Å². The Balaban J connectivity index is 1.59. The monoisotopic (exact) mass is 406 g/mol. The van der Waals surface area contributed by atoms with Crippen LogP contribution in [0.25, 0.3) is 0 Å². The van der Waals surface area contributed by atoms with Gasteiger partial charge >= 0.3 is 0 Å². The quantitative estimate of drug-likeness (QED) is 0.677. The molecule has 0 spiro atoms. The molecular formula is C21H38N6O2. The summed E-state index contributed by atoms with van der Waals surface area (Å²) in [6.07, 6.45) is 1.90. The molecule has 1 aromatic heterocycles. The van der Waals surface area contributed by atoms with Crippen LogP contribution in [0.3, 0.4) is 0 Å². The van der Waals surface area contributed by atoms with Crippen LogP contribution in [0.4, 0.5) is 11.8 Å². The maximum Gasteiger partial charge on any atom is 0.224 e. The first-order valence-electron chi connectivity index (χ1n) is 11.0. The van der Waals surface area contributed by atoms with Crippen molar-refractivity contribution in [1.82, 2.24) is 19.8 Å². The van der Waals surface area contributed by atoms with Crippen LogP contribution in [0.1, 0.15) is 33.3 Å². The van der Waals surface area contributed by atoms with Gasteiger partial charge in [0.1, 0.15) is 5.82 Å². The van der Waals surface area contributed by atoms with E-state index in [1.165, 1.54) is 0 Å². The van der Waals surface area contributed by atoms with Gasteiger partial charge in [-0.15, -0.1) is 0 Å². The van der Waals surface area contributed by atoms with Crippen molar-refractivity contribution in [2.45, 2.75) is 58.8 Å². The third kappa shape index (κ3) is 6.01. The molecule has 2 N–H and O–H groups in total.